The summed E-state index contributed by atoms with van der Waals surface area (Å²) >= 11 is 0. The van der Waals surface area contributed by atoms with Crippen molar-refractivity contribution >= 4 is 8.07 Å². The summed E-state index contributed by atoms with van der Waals surface area (Å²) in [5.41, 5.74) is 1.24. The van der Waals surface area contributed by atoms with Crippen molar-refractivity contribution in [3.05, 3.63) is 18.0 Å². The Labute approximate surface area is 69.2 Å². The van der Waals surface area contributed by atoms with Gasteiger partial charge in [0, 0.05) is 13.2 Å². The third-order valence-corrected chi connectivity index (χ3v) is 2.90. The van der Waals surface area contributed by atoms with Gasteiger partial charge >= 0.3 is 0 Å². The van der Waals surface area contributed by atoms with Crippen molar-refractivity contribution in [3.63, 3.8) is 0 Å². The van der Waals surface area contributed by atoms with E-state index in [0.717, 1.165) is 0 Å². The molecule has 0 spiro atoms. The first-order valence-corrected chi connectivity index (χ1v) is 7.67. The molecule has 0 fully saturated rings. The van der Waals surface area contributed by atoms with E-state index in [1.54, 1.807) is 0 Å². The molecule has 1 aromatic rings. The van der Waals surface area contributed by atoms with E-state index in [9.17, 15) is 0 Å². The Kier molecular flexibility index (Phi) is 2.18. The van der Waals surface area contributed by atoms with Crippen LogP contribution in [0.25, 0.3) is 0 Å². The number of aryl methyl sites for hydroxylation is 1. The number of nitrogens with zero attached hydrogens (tertiary/aromatic N) is 2. The van der Waals surface area contributed by atoms with Crippen LogP contribution in [0.4, 0.5) is 0 Å². The summed E-state index contributed by atoms with van der Waals surface area (Å²) in [6, 6.07) is 3.30. The van der Waals surface area contributed by atoms with Gasteiger partial charge < -0.3 is 0 Å². The van der Waals surface area contributed by atoms with Crippen LogP contribution in [0, 0.1) is 0 Å². The summed E-state index contributed by atoms with van der Waals surface area (Å²) in [7, 11) is 1.01. The van der Waals surface area contributed by atoms with Crippen LogP contribution in [0.5, 0.6) is 0 Å². The minimum Gasteiger partial charge on any atom is -0.276 e. The van der Waals surface area contributed by atoms with E-state index >= 15 is 0 Å². The molecule has 0 amide bonds. The highest BCUT2D eigenvalue weighted by Gasteiger charge is 2.14. The second kappa shape index (κ2) is 2.81. The maximum Gasteiger partial charge on any atom is 0.0598 e. The maximum absolute atomic E-state index is 4.35. The topological polar surface area (TPSA) is 17.8 Å². The highest BCUT2D eigenvalue weighted by molar-refractivity contribution is 6.75. The van der Waals surface area contributed by atoms with E-state index < -0.39 is 8.07 Å². The summed E-state index contributed by atoms with van der Waals surface area (Å²) in [4.78, 5) is 0. The van der Waals surface area contributed by atoms with Gasteiger partial charge in [0.2, 0.25) is 0 Å². The molecule has 0 aliphatic heterocycles. The summed E-state index contributed by atoms with van der Waals surface area (Å²) < 4.78 is 1.87. The maximum atomic E-state index is 4.35. The summed E-state index contributed by atoms with van der Waals surface area (Å²) in [5, 5.41) is 4.35. The second-order valence-corrected chi connectivity index (χ2v) is 9.69. The molecule has 0 aliphatic rings. The highest BCUT2D eigenvalue weighted by Crippen LogP contribution is 2.08. The van der Waals surface area contributed by atoms with Crippen LogP contribution in [0.15, 0.2) is 12.3 Å². The van der Waals surface area contributed by atoms with E-state index in [2.05, 4.69) is 30.8 Å². The molecular weight excluding hydrogens is 152 g/mol. The van der Waals surface area contributed by atoms with Crippen LogP contribution >= 0.6 is 0 Å². The van der Waals surface area contributed by atoms with Gasteiger partial charge in [0.15, 0.2) is 0 Å². The summed E-state index contributed by atoms with van der Waals surface area (Å²) in [6.45, 7) is 7.09. The minimum absolute atomic E-state index is 0.961. The zero-order valence-electron chi connectivity index (χ0n) is 7.76. The van der Waals surface area contributed by atoms with Gasteiger partial charge in [-0.1, -0.05) is 19.6 Å². The predicted molar refractivity (Wildman–Crippen MR) is 50.3 cm³/mol. The first kappa shape index (κ1) is 8.52. The molecule has 1 rings (SSSR count). The lowest BCUT2D eigenvalue weighted by atomic mass is 10.5. The Balaban J connectivity index is 2.65. The van der Waals surface area contributed by atoms with Crippen molar-refractivity contribution in [2.24, 2.45) is 7.05 Å². The zero-order chi connectivity index (χ0) is 8.48. The lowest BCUT2D eigenvalue weighted by molar-refractivity contribution is 0.753. The first-order valence-electron chi connectivity index (χ1n) is 3.96. The molecule has 0 atom stereocenters. The highest BCUT2D eigenvalue weighted by atomic mass is 28.3. The molecule has 0 radical (unpaired) electrons. The third-order valence-electron chi connectivity index (χ3n) is 1.48. The van der Waals surface area contributed by atoms with E-state index in [0.29, 0.717) is 0 Å². The second-order valence-electron chi connectivity index (χ2n) is 4.22. The van der Waals surface area contributed by atoms with Crippen molar-refractivity contribution in [2.45, 2.75) is 25.7 Å². The molecule has 1 heterocycles. The molecule has 1 aromatic heterocycles. The summed E-state index contributed by atoms with van der Waals surface area (Å²) in [5.74, 6) is 0. The van der Waals surface area contributed by atoms with Gasteiger partial charge in [0.25, 0.3) is 0 Å². The lowest BCUT2D eigenvalue weighted by Gasteiger charge is -2.12. The van der Waals surface area contributed by atoms with Crippen LogP contribution < -0.4 is 0 Å². The van der Waals surface area contributed by atoms with Gasteiger partial charge in [-0.2, -0.15) is 5.10 Å². The normalized spacial score (nSPS) is 12.0. The number of rotatable bonds is 2. The third kappa shape index (κ3) is 2.88. The number of hydrogen-bond acceptors (Lipinski definition) is 1. The van der Waals surface area contributed by atoms with Crippen molar-refractivity contribution in [1.82, 2.24) is 9.78 Å². The van der Waals surface area contributed by atoms with Crippen LogP contribution in [-0.4, -0.2) is 17.9 Å². The fourth-order valence-electron chi connectivity index (χ4n) is 1.10. The quantitative estimate of drug-likeness (QED) is 0.616. The first-order chi connectivity index (χ1) is 4.97. The van der Waals surface area contributed by atoms with Gasteiger partial charge in [-0.25, -0.2) is 0 Å². The summed E-state index contributed by atoms with van der Waals surface area (Å²) in [6.07, 6.45) is 2.01. The predicted octanol–water partition coefficient (Wildman–Crippen LogP) is 1.84. The molecule has 0 unspecified atom stereocenters. The smallest absolute Gasteiger partial charge is 0.0598 e. The van der Waals surface area contributed by atoms with E-state index in [4.69, 9.17) is 0 Å². The van der Waals surface area contributed by atoms with Crippen LogP contribution in [0.2, 0.25) is 19.6 Å². The van der Waals surface area contributed by atoms with Gasteiger partial charge in [0.05, 0.1) is 13.8 Å². The van der Waals surface area contributed by atoms with E-state index in [-0.39, 0.29) is 0 Å². The van der Waals surface area contributed by atoms with Crippen molar-refractivity contribution in [3.8, 4) is 0 Å². The van der Waals surface area contributed by atoms with E-state index in [1.165, 1.54) is 11.7 Å². The van der Waals surface area contributed by atoms with Gasteiger partial charge in [-0.05, 0) is 12.1 Å². The minimum atomic E-state index is -0.961. The molecule has 0 aromatic carbocycles. The molecule has 3 heteroatoms. The average molecular weight is 168 g/mol. The average Bonchev–Trinajstić information content (AvgIpc) is 2.10. The van der Waals surface area contributed by atoms with Gasteiger partial charge in [-0.15, -0.1) is 0 Å². The molecular formula is C8H16N2Si. The Bertz CT molecular complexity index is 234. The van der Waals surface area contributed by atoms with Crippen molar-refractivity contribution in [2.75, 3.05) is 0 Å². The molecule has 0 N–H and O–H groups in total. The lowest BCUT2D eigenvalue weighted by Crippen LogP contribution is -2.24. The van der Waals surface area contributed by atoms with Crippen molar-refractivity contribution in [1.29, 1.82) is 0 Å². The largest absolute Gasteiger partial charge is 0.276 e. The van der Waals surface area contributed by atoms with Crippen LogP contribution in [0.3, 0.4) is 0 Å². The fourth-order valence-corrected chi connectivity index (χ4v) is 2.38. The Morgan fingerprint density at radius 3 is 2.45 bits per heavy atom. The van der Waals surface area contributed by atoms with Crippen molar-refractivity contribution < 1.29 is 0 Å². The van der Waals surface area contributed by atoms with Crippen LogP contribution in [-0.2, 0) is 13.1 Å². The zero-order valence-corrected chi connectivity index (χ0v) is 8.76. The van der Waals surface area contributed by atoms with E-state index in [1.807, 2.05) is 17.9 Å². The fraction of sp³-hybridized carbons (Fsp3) is 0.625. The van der Waals surface area contributed by atoms with Gasteiger partial charge in [0.1, 0.15) is 0 Å². The van der Waals surface area contributed by atoms with Gasteiger partial charge in [-0.3, -0.25) is 4.68 Å². The molecule has 0 saturated carbocycles. The molecule has 11 heavy (non-hydrogen) atoms. The number of hydrogen-bond donors (Lipinski definition) is 0. The molecule has 2 nitrogen and oxygen atoms in total. The molecule has 0 aliphatic carbocycles. The Hall–Kier alpha value is -0.573. The van der Waals surface area contributed by atoms with Crippen LogP contribution in [0.1, 0.15) is 5.69 Å². The Morgan fingerprint density at radius 2 is 2.09 bits per heavy atom. The molecule has 62 valence electrons. The Morgan fingerprint density at radius 1 is 1.45 bits per heavy atom. The number of aromatic nitrogens is 2. The SMILES string of the molecule is Cn1ccc(C[Si](C)(C)C)n1. The standard InChI is InChI=1S/C8H16N2Si/c1-10-6-5-8(9-10)7-11(2,3)4/h5-6H,7H2,1-4H3. The monoisotopic (exact) mass is 168 g/mol. The molecule has 0 saturated heterocycles. The molecule has 0 bridgehead atoms.